The molecule has 0 aromatic heterocycles. The first-order valence-electron chi connectivity index (χ1n) is 10.7. The Balaban J connectivity index is 1.42. The average Bonchev–Trinajstić information content (AvgIpc) is 3.61. The van der Waals surface area contributed by atoms with Crippen LogP contribution in [0.25, 0.3) is 0 Å². The van der Waals surface area contributed by atoms with Crippen LogP contribution >= 0.6 is 0 Å². The van der Waals surface area contributed by atoms with Gasteiger partial charge in [0.15, 0.2) is 0 Å². The van der Waals surface area contributed by atoms with Crippen molar-refractivity contribution in [2.45, 2.75) is 43.5 Å². The van der Waals surface area contributed by atoms with Gasteiger partial charge in [-0.15, -0.1) is 0 Å². The van der Waals surface area contributed by atoms with Gasteiger partial charge in [-0.05, 0) is 74.6 Å². The molecule has 1 saturated heterocycles. The second kappa shape index (κ2) is 8.90. The minimum Gasteiger partial charge on any atom is -0.349 e. The van der Waals surface area contributed by atoms with Gasteiger partial charge >= 0.3 is 0 Å². The van der Waals surface area contributed by atoms with Gasteiger partial charge in [0.1, 0.15) is 5.82 Å². The third-order valence-electron chi connectivity index (χ3n) is 5.93. The molecule has 0 radical (unpaired) electrons. The van der Waals surface area contributed by atoms with E-state index in [1.807, 2.05) is 4.90 Å². The van der Waals surface area contributed by atoms with Crippen molar-refractivity contribution in [1.29, 1.82) is 0 Å². The minimum absolute atomic E-state index is 0.0533. The van der Waals surface area contributed by atoms with Gasteiger partial charge in [0.2, 0.25) is 5.91 Å². The summed E-state index contributed by atoms with van der Waals surface area (Å²) < 4.78 is 41.0. The Morgan fingerprint density at radius 1 is 1.00 bits per heavy atom. The van der Waals surface area contributed by atoms with Gasteiger partial charge in [-0.1, -0.05) is 6.07 Å². The van der Waals surface area contributed by atoms with Crippen LogP contribution in [0, 0.1) is 18.7 Å². The molecule has 1 heterocycles. The molecule has 2 aromatic rings. The summed E-state index contributed by atoms with van der Waals surface area (Å²) in [5.74, 6) is -0.396. The second-order valence-electron chi connectivity index (χ2n) is 8.44. The molecular weight excluding hydrogens is 433 g/mol. The van der Waals surface area contributed by atoms with E-state index in [-0.39, 0.29) is 39.9 Å². The number of benzene rings is 2. The van der Waals surface area contributed by atoms with E-state index in [1.165, 1.54) is 24.3 Å². The molecule has 1 aliphatic heterocycles. The largest absolute Gasteiger partial charge is 0.349 e. The van der Waals surface area contributed by atoms with E-state index < -0.39 is 15.8 Å². The molecule has 2 amide bonds. The lowest BCUT2D eigenvalue weighted by atomic mass is 10.0. The van der Waals surface area contributed by atoms with Crippen LogP contribution in [0.4, 0.5) is 10.1 Å². The number of piperidine rings is 1. The first-order chi connectivity index (χ1) is 15.2. The lowest BCUT2D eigenvalue weighted by Gasteiger charge is -2.32. The number of carbonyl (C=O) groups excluding carboxylic acids is 2. The molecule has 7 nitrogen and oxygen atoms in total. The lowest BCUT2D eigenvalue weighted by molar-refractivity contribution is -0.133. The lowest BCUT2D eigenvalue weighted by Crippen LogP contribution is -2.47. The smallest absolute Gasteiger partial charge is 0.261 e. The summed E-state index contributed by atoms with van der Waals surface area (Å²) in [6.07, 6.45) is 3.30. The van der Waals surface area contributed by atoms with Crippen molar-refractivity contribution in [2.24, 2.45) is 5.92 Å². The van der Waals surface area contributed by atoms with Crippen molar-refractivity contribution in [2.75, 3.05) is 17.8 Å². The molecule has 4 rings (SSSR count). The number of likely N-dealkylation sites (tertiary alicyclic amines) is 1. The Bertz CT molecular complexity index is 1120. The molecule has 2 N–H and O–H groups in total. The van der Waals surface area contributed by atoms with E-state index in [9.17, 15) is 22.4 Å². The van der Waals surface area contributed by atoms with E-state index in [4.69, 9.17) is 0 Å². The Morgan fingerprint density at radius 2 is 1.66 bits per heavy atom. The number of rotatable bonds is 6. The molecule has 170 valence electrons. The molecule has 1 aliphatic carbocycles. The van der Waals surface area contributed by atoms with Crippen LogP contribution in [0.1, 0.15) is 41.6 Å². The van der Waals surface area contributed by atoms with E-state index in [0.29, 0.717) is 31.5 Å². The quantitative estimate of drug-likeness (QED) is 0.694. The Kier molecular flexibility index (Phi) is 6.19. The van der Waals surface area contributed by atoms with Crippen molar-refractivity contribution >= 4 is 27.5 Å². The zero-order valence-corrected chi connectivity index (χ0v) is 18.6. The maximum absolute atomic E-state index is 13.1. The summed E-state index contributed by atoms with van der Waals surface area (Å²) in [4.78, 5) is 26.9. The number of carbonyl (C=O) groups is 2. The second-order valence-corrected chi connectivity index (χ2v) is 10.1. The highest BCUT2D eigenvalue weighted by atomic mass is 32.2. The number of nitrogens with one attached hydrogen (secondary N) is 2. The van der Waals surface area contributed by atoms with E-state index in [0.717, 1.165) is 25.0 Å². The van der Waals surface area contributed by atoms with Crippen LogP contribution in [0.2, 0.25) is 0 Å². The molecule has 1 saturated carbocycles. The number of anilines is 1. The molecule has 0 bridgehead atoms. The average molecular weight is 460 g/mol. The van der Waals surface area contributed by atoms with Crippen LogP contribution in [-0.4, -0.2) is 44.3 Å². The number of nitrogens with zero attached hydrogens (tertiary/aromatic N) is 1. The standard InChI is InChI=1S/C23H26FN3O4S/c1-15-2-9-20(32(30,31)26-19-7-5-17(24)6-8-19)14-21(15)22(28)25-18-10-12-27(13-11-18)23(29)16-3-4-16/h2,5-9,14,16,18,26H,3-4,10-13H2,1H3,(H,25,28). The summed E-state index contributed by atoms with van der Waals surface area (Å²) in [6, 6.07) is 9.28. The SMILES string of the molecule is Cc1ccc(S(=O)(=O)Nc2ccc(F)cc2)cc1C(=O)NC1CCN(C(=O)C2CC2)CC1. The van der Waals surface area contributed by atoms with Crippen molar-refractivity contribution < 1.29 is 22.4 Å². The number of aryl methyl sites for hydroxylation is 1. The number of hydrogen-bond donors (Lipinski definition) is 2. The fourth-order valence-electron chi connectivity index (χ4n) is 3.84. The first kappa shape index (κ1) is 22.3. The fraction of sp³-hybridized carbons (Fsp3) is 0.391. The third-order valence-corrected chi connectivity index (χ3v) is 7.31. The molecule has 9 heteroatoms. The first-order valence-corrected chi connectivity index (χ1v) is 12.2. The third kappa shape index (κ3) is 5.09. The van der Waals surface area contributed by atoms with Gasteiger partial charge in [-0.25, -0.2) is 12.8 Å². The molecule has 0 spiro atoms. The van der Waals surface area contributed by atoms with E-state index in [2.05, 4.69) is 10.0 Å². The van der Waals surface area contributed by atoms with Crippen LogP contribution in [-0.2, 0) is 14.8 Å². The Morgan fingerprint density at radius 3 is 2.28 bits per heavy atom. The summed E-state index contributed by atoms with van der Waals surface area (Å²) in [7, 11) is -3.95. The zero-order valence-electron chi connectivity index (χ0n) is 17.8. The molecular formula is C23H26FN3O4S. The van der Waals surface area contributed by atoms with Crippen LogP contribution < -0.4 is 10.0 Å². The number of halogens is 1. The van der Waals surface area contributed by atoms with Gasteiger partial charge in [-0.3, -0.25) is 14.3 Å². The van der Waals surface area contributed by atoms with Crippen molar-refractivity contribution in [3.63, 3.8) is 0 Å². The summed E-state index contributed by atoms with van der Waals surface area (Å²) in [5, 5.41) is 2.98. The normalized spacial score (nSPS) is 17.1. The maximum Gasteiger partial charge on any atom is 0.261 e. The fourth-order valence-corrected chi connectivity index (χ4v) is 4.93. The Hall–Kier alpha value is -2.94. The van der Waals surface area contributed by atoms with Crippen molar-refractivity contribution in [3.8, 4) is 0 Å². The topological polar surface area (TPSA) is 95.6 Å². The molecule has 32 heavy (non-hydrogen) atoms. The van der Waals surface area contributed by atoms with Gasteiger partial charge in [-0.2, -0.15) is 0 Å². The van der Waals surface area contributed by atoms with Gasteiger partial charge in [0.05, 0.1) is 4.90 Å². The predicted molar refractivity (Wildman–Crippen MR) is 118 cm³/mol. The summed E-state index contributed by atoms with van der Waals surface area (Å²) >= 11 is 0. The molecule has 2 aliphatic rings. The van der Waals surface area contributed by atoms with Gasteiger partial charge in [0.25, 0.3) is 15.9 Å². The van der Waals surface area contributed by atoms with E-state index in [1.54, 1.807) is 13.0 Å². The number of amides is 2. The molecule has 0 atom stereocenters. The summed E-state index contributed by atoms with van der Waals surface area (Å²) in [6.45, 7) is 2.99. The minimum atomic E-state index is -3.95. The monoisotopic (exact) mass is 459 g/mol. The highest BCUT2D eigenvalue weighted by Crippen LogP contribution is 2.32. The number of sulfonamides is 1. The maximum atomic E-state index is 13.1. The van der Waals surface area contributed by atoms with Crippen molar-refractivity contribution in [3.05, 3.63) is 59.4 Å². The highest BCUT2D eigenvalue weighted by Gasteiger charge is 2.35. The van der Waals surface area contributed by atoms with Gasteiger partial charge < -0.3 is 10.2 Å². The zero-order chi connectivity index (χ0) is 22.9. The van der Waals surface area contributed by atoms with Crippen LogP contribution in [0.3, 0.4) is 0 Å². The van der Waals surface area contributed by atoms with Crippen LogP contribution in [0.15, 0.2) is 47.4 Å². The molecule has 2 fully saturated rings. The highest BCUT2D eigenvalue weighted by molar-refractivity contribution is 7.92. The molecule has 2 aromatic carbocycles. The van der Waals surface area contributed by atoms with Crippen LogP contribution in [0.5, 0.6) is 0 Å². The number of hydrogen-bond acceptors (Lipinski definition) is 4. The Labute approximate surface area is 187 Å². The summed E-state index contributed by atoms with van der Waals surface area (Å²) in [5.41, 5.74) is 1.17. The van der Waals surface area contributed by atoms with Crippen molar-refractivity contribution in [1.82, 2.24) is 10.2 Å². The van der Waals surface area contributed by atoms with Gasteiger partial charge in [0, 0.05) is 36.3 Å². The van der Waals surface area contributed by atoms with E-state index >= 15 is 0 Å². The molecule has 0 unspecified atom stereocenters. The predicted octanol–water partition coefficient (Wildman–Crippen LogP) is 3.07.